The molecule has 1 atom stereocenters. The molecule has 0 amide bonds. The Morgan fingerprint density at radius 1 is 1.46 bits per heavy atom. The molecule has 0 fully saturated rings. The van der Waals surface area contributed by atoms with Gasteiger partial charge < -0.3 is 11.5 Å². The van der Waals surface area contributed by atoms with E-state index in [1.807, 2.05) is 11.3 Å². The van der Waals surface area contributed by atoms with Gasteiger partial charge in [0, 0.05) is 15.8 Å². The molecule has 3 heteroatoms. The standard InChI is InChI=1S/C10H18N2S/c1-2-8-5-6-10(13-8)9(12)4-3-7-11/h5-6,9H,2-4,7,11-12H2,1H3/t9-/m1/s1. The quantitative estimate of drug-likeness (QED) is 0.761. The summed E-state index contributed by atoms with van der Waals surface area (Å²) in [6, 6.07) is 4.50. The molecule has 0 spiro atoms. The highest BCUT2D eigenvalue weighted by Crippen LogP contribution is 2.24. The molecule has 74 valence electrons. The van der Waals surface area contributed by atoms with Crippen molar-refractivity contribution in [3.8, 4) is 0 Å². The van der Waals surface area contributed by atoms with Crippen LogP contribution in [0.5, 0.6) is 0 Å². The normalized spacial score (nSPS) is 13.2. The molecule has 1 heterocycles. The molecule has 0 aliphatic rings. The summed E-state index contributed by atoms with van der Waals surface area (Å²) in [5.74, 6) is 0. The second kappa shape index (κ2) is 5.37. The smallest absolute Gasteiger partial charge is 0.0390 e. The Hall–Kier alpha value is -0.380. The summed E-state index contributed by atoms with van der Waals surface area (Å²) in [4.78, 5) is 2.71. The van der Waals surface area contributed by atoms with Gasteiger partial charge in [0.05, 0.1) is 0 Å². The Balaban J connectivity index is 2.50. The average Bonchev–Trinajstić information content (AvgIpc) is 2.62. The first kappa shape index (κ1) is 10.7. The number of hydrogen-bond donors (Lipinski definition) is 2. The molecule has 0 saturated carbocycles. The van der Waals surface area contributed by atoms with E-state index in [4.69, 9.17) is 11.5 Å². The Morgan fingerprint density at radius 2 is 2.23 bits per heavy atom. The van der Waals surface area contributed by atoms with Crippen molar-refractivity contribution in [2.24, 2.45) is 11.5 Å². The largest absolute Gasteiger partial charge is 0.330 e. The number of nitrogens with two attached hydrogens (primary N) is 2. The van der Waals surface area contributed by atoms with Crippen LogP contribution < -0.4 is 11.5 Å². The van der Waals surface area contributed by atoms with E-state index in [0.29, 0.717) is 0 Å². The highest BCUT2D eigenvalue weighted by Gasteiger charge is 2.07. The SMILES string of the molecule is CCc1ccc([C@H](N)CCCN)s1. The predicted molar refractivity (Wildman–Crippen MR) is 58.9 cm³/mol. The zero-order chi connectivity index (χ0) is 9.68. The fraction of sp³-hybridized carbons (Fsp3) is 0.600. The van der Waals surface area contributed by atoms with Crippen LogP contribution in [0.25, 0.3) is 0 Å². The second-order valence-corrected chi connectivity index (χ2v) is 4.39. The molecule has 1 aromatic rings. The van der Waals surface area contributed by atoms with E-state index in [9.17, 15) is 0 Å². The zero-order valence-corrected chi connectivity index (χ0v) is 8.94. The maximum Gasteiger partial charge on any atom is 0.0390 e. The van der Waals surface area contributed by atoms with E-state index < -0.39 is 0 Å². The zero-order valence-electron chi connectivity index (χ0n) is 8.12. The van der Waals surface area contributed by atoms with Gasteiger partial charge in [0.25, 0.3) is 0 Å². The number of thiophene rings is 1. The topological polar surface area (TPSA) is 52.0 Å². The van der Waals surface area contributed by atoms with Crippen molar-refractivity contribution in [1.82, 2.24) is 0 Å². The van der Waals surface area contributed by atoms with Gasteiger partial charge in [-0.3, -0.25) is 0 Å². The third kappa shape index (κ3) is 3.10. The highest BCUT2D eigenvalue weighted by atomic mass is 32.1. The monoisotopic (exact) mass is 198 g/mol. The maximum atomic E-state index is 6.00. The van der Waals surface area contributed by atoms with Gasteiger partial charge in [-0.25, -0.2) is 0 Å². The summed E-state index contributed by atoms with van der Waals surface area (Å²) in [6.45, 7) is 2.90. The molecule has 0 aromatic carbocycles. The Labute approximate surface area is 83.9 Å². The first-order valence-electron chi connectivity index (χ1n) is 4.82. The highest BCUT2D eigenvalue weighted by molar-refractivity contribution is 7.12. The van der Waals surface area contributed by atoms with Gasteiger partial charge in [0.15, 0.2) is 0 Å². The van der Waals surface area contributed by atoms with E-state index >= 15 is 0 Å². The summed E-state index contributed by atoms with van der Waals surface area (Å²) in [7, 11) is 0. The van der Waals surface area contributed by atoms with Crippen LogP contribution in [0.15, 0.2) is 12.1 Å². The molecule has 0 bridgehead atoms. The van der Waals surface area contributed by atoms with E-state index in [1.165, 1.54) is 9.75 Å². The molecule has 0 aliphatic carbocycles. The molecular weight excluding hydrogens is 180 g/mol. The molecule has 2 nitrogen and oxygen atoms in total. The summed E-state index contributed by atoms with van der Waals surface area (Å²) < 4.78 is 0. The molecule has 1 aromatic heterocycles. The van der Waals surface area contributed by atoms with Gasteiger partial charge in [0.2, 0.25) is 0 Å². The van der Waals surface area contributed by atoms with E-state index in [1.54, 1.807) is 0 Å². The first-order chi connectivity index (χ1) is 6.27. The van der Waals surface area contributed by atoms with Crippen LogP contribution in [0, 0.1) is 0 Å². The van der Waals surface area contributed by atoms with Crippen molar-refractivity contribution < 1.29 is 0 Å². The van der Waals surface area contributed by atoms with E-state index in [0.717, 1.165) is 25.8 Å². The molecular formula is C10H18N2S. The van der Waals surface area contributed by atoms with Gasteiger partial charge in [-0.1, -0.05) is 6.92 Å². The Morgan fingerprint density at radius 3 is 2.77 bits per heavy atom. The third-order valence-corrected chi connectivity index (χ3v) is 3.48. The van der Waals surface area contributed by atoms with Crippen LogP contribution in [-0.4, -0.2) is 6.54 Å². The predicted octanol–water partition coefficient (Wildman–Crippen LogP) is 2.05. The van der Waals surface area contributed by atoms with Gasteiger partial charge in [-0.15, -0.1) is 11.3 Å². The minimum Gasteiger partial charge on any atom is -0.330 e. The van der Waals surface area contributed by atoms with Crippen molar-refractivity contribution in [3.63, 3.8) is 0 Å². The van der Waals surface area contributed by atoms with Crippen LogP contribution in [0.4, 0.5) is 0 Å². The summed E-state index contributed by atoms with van der Waals surface area (Å²) >= 11 is 1.83. The lowest BCUT2D eigenvalue weighted by atomic mass is 10.1. The van der Waals surface area contributed by atoms with Crippen LogP contribution in [-0.2, 0) is 6.42 Å². The van der Waals surface area contributed by atoms with Gasteiger partial charge in [-0.05, 0) is 37.9 Å². The van der Waals surface area contributed by atoms with Crippen LogP contribution in [0.2, 0.25) is 0 Å². The van der Waals surface area contributed by atoms with Crippen LogP contribution in [0.1, 0.15) is 35.6 Å². The summed E-state index contributed by atoms with van der Waals surface area (Å²) in [5.41, 5.74) is 11.4. The van der Waals surface area contributed by atoms with Crippen molar-refractivity contribution >= 4 is 11.3 Å². The van der Waals surface area contributed by atoms with Gasteiger partial charge >= 0.3 is 0 Å². The summed E-state index contributed by atoms with van der Waals surface area (Å²) in [6.07, 6.45) is 3.12. The van der Waals surface area contributed by atoms with Crippen molar-refractivity contribution in [1.29, 1.82) is 0 Å². The number of hydrogen-bond acceptors (Lipinski definition) is 3. The van der Waals surface area contributed by atoms with Crippen molar-refractivity contribution in [2.75, 3.05) is 6.54 Å². The number of rotatable bonds is 5. The first-order valence-corrected chi connectivity index (χ1v) is 5.63. The van der Waals surface area contributed by atoms with E-state index in [2.05, 4.69) is 19.1 Å². The van der Waals surface area contributed by atoms with Crippen molar-refractivity contribution in [3.05, 3.63) is 21.9 Å². The fourth-order valence-electron chi connectivity index (χ4n) is 1.26. The second-order valence-electron chi connectivity index (χ2n) is 3.20. The third-order valence-electron chi connectivity index (χ3n) is 2.12. The lowest BCUT2D eigenvalue weighted by Crippen LogP contribution is -2.10. The minimum absolute atomic E-state index is 0.189. The number of aryl methyl sites for hydroxylation is 1. The Bertz CT molecular complexity index is 245. The fourth-order valence-corrected chi connectivity index (χ4v) is 2.25. The molecule has 0 unspecified atom stereocenters. The molecule has 0 aliphatic heterocycles. The maximum absolute atomic E-state index is 6.00. The average molecular weight is 198 g/mol. The van der Waals surface area contributed by atoms with Crippen molar-refractivity contribution in [2.45, 2.75) is 32.2 Å². The van der Waals surface area contributed by atoms with Gasteiger partial charge in [0.1, 0.15) is 0 Å². The lowest BCUT2D eigenvalue weighted by Gasteiger charge is -2.07. The minimum atomic E-state index is 0.189. The van der Waals surface area contributed by atoms with E-state index in [-0.39, 0.29) is 6.04 Å². The molecule has 0 radical (unpaired) electrons. The molecule has 13 heavy (non-hydrogen) atoms. The van der Waals surface area contributed by atoms with Crippen LogP contribution >= 0.6 is 11.3 Å². The van der Waals surface area contributed by atoms with Gasteiger partial charge in [-0.2, -0.15) is 0 Å². The summed E-state index contributed by atoms with van der Waals surface area (Å²) in [5, 5.41) is 0. The molecule has 0 saturated heterocycles. The molecule has 1 rings (SSSR count). The van der Waals surface area contributed by atoms with Crippen LogP contribution in [0.3, 0.4) is 0 Å². The lowest BCUT2D eigenvalue weighted by molar-refractivity contribution is 0.626. The Kier molecular flexibility index (Phi) is 4.42. The molecule has 4 N–H and O–H groups in total.